The first-order chi connectivity index (χ1) is 4.54. The lowest BCUT2D eigenvalue weighted by atomic mass is 10.3. The van der Waals surface area contributed by atoms with Crippen molar-refractivity contribution < 1.29 is 0 Å². The second kappa shape index (κ2) is 4.47. The zero-order valence-corrected chi connectivity index (χ0v) is 7.15. The fourth-order valence-corrected chi connectivity index (χ4v) is 0.444. The number of halogens is 2. The molecule has 10 heavy (non-hydrogen) atoms. The fourth-order valence-electron chi connectivity index (χ4n) is 0.308. The lowest BCUT2D eigenvalue weighted by Gasteiger charge is -1.99. The molecule has 2 nitrogen and oxygen atoms in total. The van der Waals surface area contributed by atoms with Crippen LogP contribution in [0.4, 0.5) is 0 Å². The van der Waals surface area contributed by atoms with Gasteiger partial charge < -0.3 is 11.5 Å². The highest BCUT2D eigenvalue weighted by molar-refractivity contribution is 6.29. The lowest BCUT2D eigenvalue weighted by molar-refractivity contribution is 1.08. The summed E-state index contributed by atoms with van der Waals surface area (Å²) in [5.41, 5.74) is 11.1. The molecule has 0 fully saturated rings. The van der Waals surface area contributed by atoms with Crippen LogP contribution in [0, 0.1) is 0 Å². The minimum absolute atomic E-state index is 0.188. The number of alkyl halides is 1. The quantitative estimate of drug-likeness (QED) is 0.385. The van der Waals surface area contributed by atoms with E-state index in [0.717, 1.165) is 0 Å². The zero-order valence-electron chi connectivity index (χ0n) is 5.64. The van der Waals surface area contributed by atoms with E-state index in [-0.39, 0.29) is 10.5 Å². The van der Waals surface area contributed by atoms with Crippen LogP contribution in [0.2, 0.25) is 0 Å². The van der Waals surface area contributed by atoms with Crippen LogP contribution >= 0.6 is 23.2 Å². The highest BCUT2D eigenvalue weighted by Crippen LogP contribution is 2.03. The summed E-state index contributed by atoms with van der Waals surface area (Å²) in [5, 5.41) is 0.00698. The van der Waals surface area contributed by atoms with Crippen LogP contribution in [0.25, 0.3) is 0 Å². The van der Waals surface area contributed by atoms with E-state index in [0.29, 0.717) is 5.70 Å². The molecule has 58 valence electrons. The average molecular weight is 181 g/mol. The third-order valence-corrected chi connectivity index (χ3v) is 1.27. The zero-order chi connectivity index (χ0) is 8.15. The van der Waals surface area contributed by atoms with Gasteiger partial charge in [-0.05, 0) is 19.1 Å². The van der Waals surface area contributed by atoms with E-state index in [1.165, 1.54) is 6.08 Å². The van der Waals surface area contributed by atoms with E-state index in [1.54, 1.807) is 13.0 Å². The van der Waals surface area contributed by atoms with Crippen LogP contribution in [-0.2, 0) is 0 Å². The monoisotopic (exact) mass is 180 g/mol. The summed E-state index contributed by atoms with van der Waals surface area (Å²) < 4.78 is 0. The molecule has 0 aromatic heterocycles. The minimum atomic E-state index is -0.188. The Morgan fingerprint density at radius 1 is 1.40 bits per heavy atom. The number of hydrogen-bond acceptors (Lipinski definition) is 2. The number of nitrogens with two attached hydrogens (primary N) is 2. The van der Waals surface area contributed by atoms with Crippen molar-refractivity contribution in [3.8, 4) is 0 Å². The summed E-state index contributed by atoms with van der Waals surface area (Å²) in [5.74, 6) is 0. The molecular formula is C6H10Cl2N2. The molecule has 0 amide bonds. The first-order valence-corrected chi connectivity index (χ1v) is 3.58. The van der Waals surface area contributed by atoms with Gasteiger partial charge in [-0.25, -0.2) is 0 Å². The molecule has 4 N–H and O–H groups in total. The van der Waals surface area contributed by atoms with Gasteiger partial charge in [0.25, 0.3) is 0 Å². The molecule has 0 saturated carbocycles. The Labute approximate surface area is 70.5 Å². The largest absolute Gasteiger partial charge is 0.401 e. The molecule has 1 atom stereocenters. The molecule has 0 aromatic carbocycles. The van der Waals surface area contributed by atoms with Gasteiger partial charge in [0.15, 0.2) is 0 Å². The van der Waals surface area contributed by atoms with Gasteiger partial charge >= 0.3 is 0 Å². The summed E-state index contributed by atoms with van der Waals surface area (Å²) in [4.78, 5) is 0. The average Bonchev–Trinajstić information content (AvgIpc) is 1.82. The minimum Gasteiger partial charge on any atom is -0.401 e. The maximum Gasteiger partial charge on any atom is 0.0992 e. The molecule has 4 heteroatoms. The van der Waals surface area contributed by atoms with Gasteiger partial charge in [0.2, 0.25) is 0 Å². The van der Waals surface area contributed by atoms with Gasteiger partial charge in [-0.2, -0.15) is 0 Å². The van der Waals surface area contributed by atoms with E-state index >= 15 is 0 Å². The summed E-state index contributed by atoms with van der Waals surface area (Å²) in [7, 11) is 0. The highest BCUT2D eigenvalue weighted by Gasteiger charge is 1.96. The molecule has 0 rings (SSSR count). The molecule has 0 radical (unpaired) electrons. The Morgan fingerprint density at radius 3 is 2.20 bits per heavy atom. The van der Waals surface area contributed by atoms with Crippen molar-refractivity contribution in [2.24, 2.45) is 11.5 Å². The van der Waals surface area contributed by atoms with Crippen molar-refractivity contribution in [3.05, 3.63) is 23.0 Å². The van der Waals surface area contributed by atoms with Crippen molar-refractivity contribution in [2.75, 3.05) is 0 Å². The SMILES string of the molecule is CC(Cl)/C(N)=C\C=C(/N)Cl. The summed E-state index contributed by atoms with van der Waals surface area (Å²) in [6.07, 6.45) is 3.08. The van der Waals surface area contributed by atoms with E-state index in [2.05, 4.69) is 0 Å². The van der Waals surface area contributed by atoms with Gasteiger partial charge in [0.05, 0.1) is 10.5 Å². The van der Waals surface area contributed by atoms with Crippen LogP contribution in [-0.4, -0.2) is 5.38 Å². The van der Waals surface area contributed by atoms with Crippen molar-refractivity contribution in [1.82, 2.24) is 0 Å². The Bertz CT molecular complexity index is 157. The third kappa shape index (κ3) is 4.53. The normalized spacial score (nSPS) is 17.1. The highest BCUT2D eigenvalue weighted by atomic mass is 35.5. The fraction of sp³-hybridized carbons (Fsp3) is 0.333. The van der Waals surface area contributed by atoms with Crippen LogP contribution in [0.1, 0.15) is 6.92 Å². The molecular weight excluding hydrogens is 171 g/mol. The predicted octanol–water partition coefficient (Wildman–Crippen LogP) is 1.50. The van der Waals surface area contributed by atoms with E-state index in [4.69, 9.17) is 34.7 Å². The summed E-state index contributed by atoms with van der Waals surface area (Å²) in [6, 6.07) is 0. The molecule has 0 aliphatic rings. The van der Waals surface area contributed by atoms with Crippen molar-refractivity contribution in [1.29, 1.82) is 0 Å². The molecule has 0 aliphatic heterocycles. The maximum absolute atomic E-state index is 5.61. The molecule has 0 heterocycles. The van der Waals surface area contributed by atoms with Crippen LogP contribution in [0.5, 0.6) is 0 Å². The van der Waals surface area contributed by atoms with E-state index in [1.807, 2.05) is 0 Å². The van der Waals surface area contributed by atoms with Gasteiger partial charge in [0, 0.05) is 5.70 Å². The molecule has 1 unspecified atom stereocenters. The number of rotatable bonds is 2. The molecule has 0 spiro atoms. The predicted molar refractivity (Wildman–Crippen MR) is 45.7 cm³/mol. The summed E-state index contributed by atoms with van der Waals surface area (Å²) >= 11 is 10.9. The Kier molecular flexibility index (Phi) is 4.32. The van der Waals surface area contributed by atoms with Gasteiger partial charge in [-0.1, -0.05) is 11.6 Å². The third-order valence-electron chi connectivity index (χ3n) is 0.894. The van der Waals surface area contributed by atoms with E-state index in [9.17, 15) is 0 Å². The van der Waals surface area contributed by atoms with Crippen LogP contribution in [0.15, 0.2) is 23.0 Å². The molecule has 0 saturated heterocycles. The van der Waals surface area contributed by atoms with Crippen molar-refractivity contribution >= 4 is 23.2 Å². The smallest absolute Gasteiger partial charge is 0.0992 e. The molecule has 0 bridgehead atoms. The Hall–Kier alpha value is -0.340. The Balaban J connectivity index is 4.05. The van der Waals surface area contributed by atoms with Crippen molar-refractivity contribution in [2.45, 2.75) is 12.3 Å². The van der Waals surface area contributed by atoms with E-state index < -0.39 is 0 Å². The number of hydrogen-bond donors (Lipinski definition) is 2. The maximum atomic E-state index is 5.61. The van der Waals surface area contributed by atoms with Gasteiger partial charge in [0.1, 0.15) is 0 Å². The Morgan fingerprint density at radius 2 is 1.90 bits per heavy atom. The second-order valence-corrected chi connectivity index (χ2v) is 2.93. The van der Waals surface area contributed by atoms with Crippen molar-refractivity contribution in [3.63, 3.8) is 0 Å². The topological polar surface area (TPSA) is 52.0 Å². The number of allylic oxidation sites excluding steroid dienone is 3. The molecule has 0 aromatic rings. The second-order valence-electron chi connectivity index (χ2n) is 1.83. The first-order valence-electron chi connectivity index (χ1n) is 2.76. The van der Waals surface area contributed by atoms with Gasteiger partial charge in [-0.3, -0.25) is 0 Å². The van der Waals surface area contributed by atoms with Gasteiger partial charge in [-0.15, -0.1) is 11.6 Å². The standard InChI is InChI=1S/C6H10Cl2N2/c1-4(7)5(9)2-3-6(8)10/h2-4H,9-10H2,1H3/b5-2+,6-3-. The molecule has 0 aliphatic carbocycles. The first kappa shape index (κ1) is 9.66. The summed E-state index contributed by atoms with van der Waals surface area (Å²) in [6.45, 7) is 1.77. The lowest BCUT2D eigenvalue weighted by Crippen LogP contribution is -2.06. The van der Waals surface area contributed by atoms with Crippen LogP contribution in [0.3, 0.4) is 0 Å². The van der Waals surface area contributed by atoms with Crippen LogP contribution < -0.4 is 11.5 Å².